The van der Waals surface area contributed by atoms with Crippen molar-refractivity contribution in [2.45, 2.75) is 52.0 Å². The topological polar surface area (TPSA) is 75.5 Å². The molecule has 3 rings (SSSR count). The molecule has 0 saturated carbocycles. The number of halogens is 1. The molecule has 1 saturated heterocycles. The van der Waals surface area contributed by atoms with Crippen molar-refractivity contribution in [2.24, 2.45) is 0 Å². The number of nitrogens with zero attached hydrogens (tertiary/aromatic N) is 4. The van der Waals surface area contributed by atoms with Crippen LogP contribution >= 0.6 is 11.6 Å². The summed E-state index contributed by atoms with van der Waals surface area (Å²) >= 11 is 6.21. The number of amides is 1. The average Bonchev–Trinajstić information content (AvgIpc) is 2.97. The third-order valence-electron chi connectivity index (χ3n) is 5.83. The molecule has 1 aliphatic rings. The second-order valence-corrected chi connectivity index (χ2v) is 10.3. The average molecular weight is 453 g/mol. The Morgan fingerprint density at radius 2 is 1.73 bits per heavy atom. The van der Waals surface area contributed by atoms with E-state index in [-0.39, 0.29) is 11.9 Å². The third kappa shape index (κ3) is 4.40. The van der Waals surface area contributed by atoms with E-state index < -0.39 is 10.0 Å². The Kier molecular flexibility index (Phi) is 6.60. The molecule has 7 nitrogen and oxygen atoms in total. The minimum absolute atomic E-state index is 0.00518. The van der Waals surface area contributed by atoms with Gasteiger partial charge in [-0.15, -0.1) is 0 Å². The van der Waals surface area contributed by atoms with Gasteiger partial charge in [-0.3, -0.25) is 9.48 Å². The van der Waals surface area contributed by atoms with Crippen LogP contribution < -0.4 is 0 Å². The summed E-state index contributed by atoms with van der Waals surface area (Å²) < 4.78 is 29.2. The Balaban J connectivity index is 1.62. The van der Waals surface area contributed by atoms with Gasteiger partial charge in [-0.25, -0.2) is 8.42 Å². The highest BCUT2D eigenvalue weighted by Crippen LogP contribution is 2.25. The summed E-state index contributed by atoms with van der Waals surface area (Å²) in [6, 6.07) is 5.06. The van der Waals surface area contributed by atoms with Crippen LogP contribution in [-0.4, -0.2) is 59.5 Å². The number of benzene rings is 1. The van der Waals surface area contributed by atoms with E-state index in [0.29, 0.717) is 42.5 Å². The van der Waals surface area contributed by atoms with E-state index in [0.717, 1.165) is 22.5 Å². The molecular weight excluding hydrogens is 424 g/mol. The molecule has 9 heteroatoms. The summed E-state index contributed by atoms with van der Waals surface area (Å²) in [7, 11) is -3.56. The molecule has 0 N–H and O–H groups in total. The van der Waals surface area contributed by atoms with E-state index in [4.69, 9.17) is 11.6 Å². The predicted octanol–water partition coefficient (Wildman–Crippen LogP) is 3.25. The fourth-order valence-corrected chi connectivity index (χ4v) is 5.37. The Bertz CT molecular complexity index is 1060. The van der Waals surface area contributed by atoms with E-state index in [2.05, 4.69) is 5.10 Å². The first-order valence-corrected chi connectivity index (χ1v) is 11.9. The Morgan fingerprint density at radius 3 is 2.27 bits per heavy atom. The van der Waals surface area contributed by atoms with Crippen molar-refractivity contribution in [1.82, 2.24) is 19.0 Å². The van der Waals surface area contributed by atoms with Gasteiger partial charge in [0.1, 0.15) is 0 Å². The Morgan fingerprint density at radius 1 is 1.10 bits per heavy atom. The highest BCUT2D eigenvalue weighted by atomic mass is 35.5. The lowest BCUT2D eigenvalue weighted by Crippen LogP contribution is -2.50. The molecule has 1 aromatic carbocycles. The zero-order valence-corrected chi connectivity index (χ0v) is 19.7. The maximum atomic E-state index is 13.0. The van der Waals surface area contributed by atoms with Crippen LogP contribution in [0.2, 0.25) is 5.02 Å². The minimum atomic E-state index is -3.56. The molecule has 1 aliphatic heterocycles. The molecule has 2 aromatic rings. The summed E-state index contributed by atoms with van der Waals surface area (Å²) in [5.41, 5.74) is 3.60. The Hall–Kier alpha value is -1.90. The molecule has 0 aliphatic carbocycles. The highest BCUT2D eigenvalue weighted by molar-refractivity contribution is 7.89. The second kappa shape index (κ2) is 8.69. The maximum Gasteiger partial charge on any atom is 0.243 e. The monoisotopic (exact) mass is 452 g/mol. The lowest BCUT2D eigenvalue weighted by molar-refractivity contribution is -0.133. The molecule has 0 radical (unpaired) electrons. The third-order valence-corrected chi connectivity index (χ3v) is 8.27. The fourth-order valence-electron chi connectivity index (χ4n) is 3.74. The van der Waals surface area contributed by atoms with Gasteiger partial charge >= 0.3 is 0 Å². The van der Waals surface area contributed by atoms with Crippen LogP contribution in [0.4, 0.5) is 0 Å². The molecular formula is C21H29ClN4O3S. The van der Waals surface area contributed by atoms with Gasteiger partial charge in [0.25, 0.3) is 0 Å². The van der Waals surface area contributed by atoms with Crippen LogP contribution in [0.1, 0.15) is 41.9 Å². The van der Waals surface area contributed by atoms with Crippen molar-refractivity contribution in [3.05, 3.63) is 45.7 Å². The first-order chi connectivity index (χ1) is 14.0. The van der Waals surface area contributed by atoms with Crippen LogP contribution in [0.5, 0.6) is 0 Å². The molecule has 164 valence electrons. The van der Waals surface area contributed by atoms with E-state index in [1.807, 2.05) is 40.7 Å². The van der Waals surface area contributed by atoms with Crippen LogP contribution in [0.25, 0.3) is 0 Å². The minimum Gasteiger partial charge on any atom is -0.340 e. The van der Waals surface area contributed by atoms with Gasteiger partial charge in [0.15, 0.2) is 0 Å². The summed E-state index contributed by atoms with van der Waals surface area (Å²) in [5.74, 6) is -0.00518. The number of aromatic nitrogens is 2. The zero-order chi connectivity index (χ0) is 22.2. The van der Waals surface area contributed by atoms with Crippen molar-refractivity contribution in [3.8, 4) is 0 Å². The fraction of sp³-hybridized carbons (Fsp3) is 0.524. The SMILES string of the molecule is Cc1ccc(S(=O)(=O)N2CCN(C(=O)C[C@H](C)n3nc(C)c(Cl)c3C)CC2)cc1C. The molecule has 1 fully saturated rings. The quantitative estimate of drug-likeness (QED) is 0.697. The van der Waals surface area contributed by atoms with Gasteiger partial charge < -0.3 is 4.90 Å². The van der Waals surface area contributed by atoms with E-state index >= 15 is 0 Å². The van der Waals surface area contributed by atoms with Gasteiger partial charge in [0.05, 0.1) is 27.3 Å². The summed E-state index contributed by atoms with van der Waals surface area (Å²) in [6.45, 7) is 10.9. The first-order valence-electron chi connectivity index (χ1n) is 10.1. The van der Waals surface area contributed by atoms with Crippen LogP contribution in [0, 0.1) is 27.7 Å². The van der Waals surface area contributed by atoms with Gasteiger partial charge in [-0.05, 0) is 57.9 Å². The number of hydrogen-bond donors (Lipinski definition) is 0. The van der Waals surface area contributed by atoms with Crippen molar-refractivity contribution < 1.29 is 13.2 Å². The van der Waals surface area contributed by atoms with Crippen molar-refractivity contribution in [3.63, 3.8) is 0 Å². The van der Waals surface area contributed by atoms with Crippen molar-refractivity contribution in [1.29, 1.82) is 0 Å². The van der Waals surface area contributed by atoms with Crippen molar-refractivity contribution in [2.75, 3.05) is 26.2 Å². The molecule has 1 amide bonds. The predicted molar refractivity (Wildman–Crippen MR) is 117 cm³/mol. The summed E-state index contributed by atoms with van der Waals surface area (Å²) in [6.07, 6.45) is 0.294. The van der Waals surface area contributed by atoms with Gasteiger partial charge in [-0.1, -0.05) is 17.7 Å². The number of aryl methyl sites for hydroxylation is 3. The lowest BCUT2D eigenvalue weighted by atomic mass is 10.1. The first kappa shape index (κ1) is 22.8. The smallest absolute Gasteiger partial charge is 0.243 e. The lowest BCUT2D eigenvalue weighted by Gasteiger charge is -2.34. The molecule has 1 aromatic heterocycles. The van der Waals surface area contributed by atoms with Crippen LogP contribution in [0.3, 0.4) is 0 Å². The number of piperazine rings is 1. The number of carbonyl (C=O) groups is 1. The highest BCUT2D eigenvalue weighted by Gasteiger charge is 2.31. The molecule has 0 bridgehead atoms. The Labute approximate surface area is 183 Å². The van der Waals surface area contributed by atoms with E-state index in [1.54, 1.807) is 21.7 Å². The summed E-state index contributed by atoms with van der Waals surface area (Å²) in [5, 5.41) is 5.05. The maximum absolute atomic E-state index is 13.0. The van der Waals surface area contributed by atoms with Gasteiger partial charge in [0.2, 0.25) is 15.9 Å². The second-order valence-electron chi connectivity index (χ2n) is 8.01. The summed E-state index contributed by atoms with van der Waals surface area (Å²) in [4.78, 5) is 14.8. The number of sulfonamides is 1. The standard InChI is InChI=1S/C21H29ClN4O3S/c1-14-6-7-19(12-15(14)2)30(28,29)25-10-8-24(9-11-25)20(27)13-16(3)26-18(5)21(22)17(4)23-26/h6-7,12,16H,8-11,13H2,1-5H3/t16-/m0/s1. The number of carbonyl (C=O) groups excluding carboxylic acids is 1. The zero-order valence-electron chi connectivity index (χ0n) is 18.1. The van der Waals surface area contributed by atoms with E-state index in [9.17, 15) is 13.2 Å². The number of rotatable bonds is 5. The van der Waals surface area contributed by atoms with E-state index in [1.165, 1.54) is 4.31 Å². The van der Waals surface area contributed by atoms with Gasteiger partial charge in [0, 0.05) is 32.6 Å². The molecule has 30 heavy (non-hydrogen) atoms. The number of hydrogen-bond acceptors (Lipinski definition) is 4. The van der Waals surface area contributed by atoms with Crippen molar-refractivity contribution >= 4 is 27.5 Å². The normalized spacial score (nSPS) is 16.7. The largest absolute Gasteiger partial charge is 0.340 e. The van der Waals surface area contributed by atoms with Crippen LogP contribution in [0.15, 0.2) is 23.1 Å². The molecule has 0 unspecified atom stereocenters. The molecule has 2 heterocycles. The van der Waals surface area contributed by atoms with Gasteiger partial charge in [-0.2, -0.15) is 9.40 Å². The van der Waals surface area contributed by atoms with Crippen LogP contribution in [-0.2, 0) is 14.8 Å². The molecule has 1 atom stereocenters. The molecule has 0 spiro atoms.